The molecule has 10 nitrogen and oxygen atoms in total. The van der Waals surface area contributed by atoms with Crippen molar-refractivity contribution >= 4 is 11.9 Å². The van der Waals surface area contributed by atoms with Gasteiger partial charge in [0.25, 0.3) is 0 Å². The number of aliphatic hydroxyl groups is 2. The molecule has 0 aromatic rings. The number of ether oxygens (including phenoxy) is 5. The lowest BCUT2D eigenvalue weighted by Crippen LogP contribution is -2.58. The topological polar surface area (TPSA) is 136 Å². The maximum atomic E-state index is 12.8. The first kappa shape index (κ1) is 35.4. The third-order valence-electron chi connectivity index (χ3n) is 9.05. The number of epoxide rings is 1. The van der Waals surface area contributed by atoms with Crippen molar-refractivity contribution in [3.05, 3.63) is 36.0 Å². The Labute approximate surface area is 256 Å². The van der Waals surface area contributed by atoms with Crippen LogP contribution in [0.3, 0.4) is 0 Å². The van der Waals surface area contributed by atoms with E-state index in [1.165, 1.54) is 6.92 Å². The van der Waals surface area contributed by atoms with Gasteiger partial charge in [0.15, 0.2) is 0 Å². The predicted molar refractivity (Wildman–Crippen MR) is 162 cm³/mol. The molecule has 0 aliphatic carbocycles. The molecule has 43 heavy (non-hydrogen) atoms. The number of carbonyl (C=O) groups excluding carboxylic acids is 2. The molecule has 244 valence electrons. The average molecular weight is 608 g/mol. The number of hydrogen-bond acceptors (Lipinski definition) is 10. The van der Waals surface area contributed by atoms with Crippen LogP contribution in [0.1, 0.15) is 74.1 Å². The van der Waals surface area contributed by atoms with E-state index in [2.05, 4.69) is 19.2 Å². The van der Waals surface area contributed by atoms with Crippen molar-refractivity contribution in [3.63, 3.8) is 0 Å². The molecule has 3 aliphatic rings. The number of rotatable bonds is 9. The molecule has 2 saturated heterocycles. The molecule has 0 bridgehead atoms. The van der Waals surface area contributed by atoms with Crippen LogP contribution in [-0.4, -0.2) is 96.3 Å². The fourth-order valence-corrected chi connectivity index (χ4v) is 6.28. The van der Waals surface area contributed by atoms with Gasteiger partial charge in [0.2, 0.25) is 0 Å². The highest BCUT2D eigenvalue weighted by atomic mass is 16.6. The van der Waals surface area contributed by atoms with Gasteiger partial charge < -0.3 is 39.2 Å². The van der Waals surface area contributed by atoms with Crippen LogP contribution < -0.4 is 5.32 Å². The van der Waals surface area contributed by atoms with Crippen LogP contribution in [0.25, 0.3) is 0 Å². The predicted octanol–water partition coefficient (Wildman–Crippen LogP) is 3.40. The number of nitrogens with one attached hydrogen (secondary N) is 1. The van der Waals surface area contributed by atoms with Gasteiger partial charge in [-0.15, -0.1) is 0 Å². The smallest absolute Gasteiger partial charge is 0.309 e. The zero-order chi connectivity index (χ0) is 31.9. The Hall–Kier alpha value is -2.08. The molecule has 3 unspecified atom stereocenters. The molecule has 0 saturated carbocycles. The molecule has 0 amide bonds. The summed E-state index contributed by atoms with van der Waals surface area (Å²) in [6.07, 6.45) is 7.93. The van der Waals surface area contributed by atoms with E-state index in [4.69, 9.17) is 23.7 Å². The molecule has 3 rings (SSSR count). The minimum absolute atomic E-state index is 0.00505. The second kappa shape index (κ2) is 15.3. The summed E-state index contributed by atoms with van der Waals surface area (Å²) in [6, 6.07) is -0.0402. The van der Waals surface area contributed by atoms with Crippen LogP contribution in [0.2, 0.25) is 0 Å². The van der Waals surface area contributed by atoms with Gasteiger partial charge in [0, 0.05) is 32.4 Å². The lowest BCUT2D eigenvalue weighted by Gasteiger charge is -2.39. The minimum atomic E-state index is -1.42. The van der Waals surface area contributed by atoms with Gasteiger partial charge in [-0.25, -0.2) is 0 Å². The van der Waals surface area contributed by atoms with E-state index in [9.17, 15) is 19.8 Å². The maximum absolute atomic E-state index is 12.8. The van der Waals surface area contributed by atoms with E-state index >= 15 is 0 Å². The van der Waals surface area contributed by atoms with Gasteiger partial charge in [0.1, 0.15) is 29.5 Å². The van der Waals surface area contributed by atoms with Crippen LogP contribution in [-0.2, 0) is 33.3 Å². The molecule has 11 atom stereocenters. The van der Waals surface area contributed by atoms with Crippen LogP contribution in [0.4, 0.5) is 0 Å². The van der Waals surface area contributed by atoms with Crippen molar-refractivity contribution in [3.8, 4) is 0 Å². The van der Waals surface area contributed by atoms with Gasteiger partial charge in [-0.1, -0.05) is 45.1 Å². The van der Waals surface area contributed by atoms with Crippen LogP contribution in [0, 0.1) is 11.8 Å². The Morgan fingerprint density at radius 3 is 2.65 bits per heavy atom. The molecule has 3 aliphatic heterocycles. The van der Waals surface area contributed by atoms with E-state index in [1.807, 2.05) is 39.0 Å². The van der Waals surface area contributed by atoms with Gasteiger partial charge in [-0.05, 0) is 51.7 Å². The molecular formula is C33H53NO9. The summed E-state index contributed by atoms with van der Waals surface area (Å²) >= 11 is 0. The first-order chi connectivity index (χ1) is 20.2. The van der Waals surface area contributed by atoms with E-state index < -0.39 is 41.5 Å². The maximum Gasteiger partial charge on any atom is 0.309 e. The highest BCUT2D eigenvalue weighted by molar-refractivity contribution is 5.70. The van der Waals surface area contributed by atoms with Gasteiger partial charge in [-0.2, -0.15) is 0 Å². The molecule has 0 spiro atoms. The summed E-state index contributed by atoms with van der Waals surface area (Å²) in [6.45, 7) is 14.3. The number of cyclic esters (lactones) is 1. The SMILES string of the molecule is CC[C@H](OC)[C@@H](C)C1O[C@@H]1C1NCCOC1(C)C=CC=C(C)[C@H]1OC(=O)C[C@H](O)CC[C@@](C)(O)[C@@H](OC(C)=O)C=C[C@@H]1C. The first-order valence-corrected chi connectivity index (χ1v) is 15.6. The highest BCUT2D eigenvalue weighted by Gasteiger charge is 2.55. The Bertz CT molecular complexity index is 1040. The number of hydrogen-bond donors (Lipinski definition) is 3. The number of methoxy groups -OCH3 is 1. The van der Waals surface area contributed by atoms with E-state index in [-0.39, 0.29) is 55.5 Å². The third-order valence-corrected chi connectivity index (χ3v) is 9.05. The molecule has 10 heteroatoms. The third kappa shape index (κ3) is 9.45. The van der Waals surface area contributed by atoms with Gasteiger partial charge >= 0.3 is 11.9 Å². The monoisotopic (exact) mass is 607 g/mol. The second-order valence-corrected chi connectivity index (χ2v) is 12.8. The largest absolute Gasteiger partial charge is 0.457 e. The quantitative estimate of drug-likeness (QED) is 0.155. The standard InChI is InChI=1S/C33H53NO9/c1-9-25(39-8)22(4)29-30(43-29)31-33(7,40-18-17-34-31)15-10-11-20(2)28-21(3)12-13-26(41-23(5)35)32(6,38)16-14-24(36)19-27(37)42-28/h10-13,15,21-22,24-26,28-31,34,36,38H,9,14,16-19H2,1-8H3/t21-,22+,24+,25-,26-,28+,29?,30-,31?,32+,33?/m0/s1. The lowest BCUT2D eigenvalue weighted by atomic mass is 9.86. The number of esters is 2. The zero-order valence-corrected chi connectivity index (χ0v) is 27.1. The fraction of sp³-hybridized carbons (Fsp3) is 0.758. The summed E-state index contributed by atoms with van der Waals surface area (Å²) in [5.41, 5.74) is -1.25. The fourth-order valence-electron chi connectivity index (χ4n) is 6.28. The second-order valence-electron chi connectivity index (χ2n) is 12.8. The minimum Gasteiger partial charge on any atom is -0.457 e. The zero-order valence-electron chi connectivity index (χ0n) is 27.1. The number of aliphatic hydroxyl groups excluding tert-OH is 1. The molecule has 0 aromatic carbocycles. The number of carbonyl (C=O) groups is 2. The molecular weight excluding hydrogens is 554 g/mol. The Balaban J connectivity index is 1.81. The van der Waals surface area contributed by atoms with Crippen molar-refractivity contribution in [1.82, 2.24) is 5.32 Å². The van der Waals surface area contributed by atoms with Crippen LogP contribution >= 0.6 is 0 Å². The molecule has 3 heterocycles. The highest BCUT2D eigenvalue weighted by Crippen LogP contribution is 2.40. The Morgan fingerprint density at radius 2 is 2.00 bits per heavy atom. The lowest BCUT2D eigenvalue weighted by molar-refractivity contribution is -0.157. The summed E-state index contributed by atoms with van der Waals surface area (Å²) < 4.78 is 29.4. The summed E-state index contributed by atoms with van der Waals surface area (Å²) in [4.78, 5) is 24.5. The van der Waals surface area contributed by atoms with E-state index in [1.54, 1.807) is 26.2 Å². The van der Waals surface area contributed by atoms with Crippen LogP contribution in [0.5, 0.6) is 0 Å². The molecule has 0 radical (unpaired) electrons. The molecule has 0 aromatic heterocycles. The summed E-state index contributed by atoms with van der Waals surface area (Å²) in [5.74, 6) is -1.10. The normalized spacial score (nSPS) is 39.3. The van der Waals surface area contributed by atoms with Crippen molar-refractivity contribution in [1.29, 1.82) is 0 Å². The van der Waals surface area contributed by atoms with Crippen molar-refractivity contribution < 1.29 is 43.5 Å². The van der Waals surface area contributed by atoms with Crippen molar-refractivity contribution in [2.24, 2.45) is 11.8 Å². The van der Waals surface area contributed by atoms with Crippen molar-refractivity contribution in [2.75, 3.05) is 20.3 Å². The Morgan fingerprint density at radius 1 is 1.28 bits per heavy atom. The molecule has 3 N–H and O–H groups in total. The van der Waals surface area contributed by atoms with Gasteiger partial charge in [-0.3, -0.25) is 9.59 Å². The number of allylic oxidation sites excluding steroid dienone is 2. The summed E-state index contributed by atoms with van der Waals surface area (Å²) in [7, 11) is 1.74. The number of morpholine rings is 1. The summed E-state index contributed by atoms with van der Waals surface area (Å²) in [5, 5.41) is 25.1. The van der Waals surface area contributed by atoms with Crippen molar-refractivity contribution in [2.45, 2.75) is 128 Å². The van der Waals surface area contributed by atoms with E-state index in [0.717, 1.165) is 18.5 Å². The van der Waals surface area contributed by atoms with Crippen LogP contribution in [0.15, 0.2) is 36.0 Å². The van der Waals surface area contributed by atoms with E-state index in [0.29, 0.717) is 6.61 Å². The van der Waals surface area contributed by atoms with Gasteiger partial charge in [0.05, 0.1) is 37.4 Å². The molecule has 2 fully saturated rings. The first-order valence-electron chi connectivity index (χ1n) is 15.6. The Kier molecular flexibility index (Phi) is 12.6. The average Bonchev–Trinajstić information content (AvgIpc) is 3.73.